The van der Waals surface area contributed by atoms with E-state index in [1.165, 1.54) is 0 Å². The van der Waals surface area contributed by atoms with Crippen LogP contribution in [-0.2, 0) is 0 Å². The zero-order valence-corrected chi connectivity index (χ0v) is 40.5. The lowest BCUT2D eigenvalue weighted by molar-refractivity contribution is 0.0555. The van der Waals surface area contributed by atoms with Crippen molar-refractivity contribution in [1.82, 2.24) is 20.4 Å². The molecular weight excluding hydrogens is 934 g/mol. The van der Waals surface area contributed by atoms with Crippen molar-refractivity contribution in [1.29, 1.82) is 0 Å². The first-order chi connectivity index (χ1) is 31.8. The monoisotopic (exact) mass is 996 g/mol. The summed E-state index contributed by atoms with van der Waals surface area (Å²) in [6.07, 6.45) is 1.43. The van der Waals surface area contributed by atoms with Crippen molar-refractivity contribution in [3.05, 3.63) is 105 Å². The number of aliphatic hydroxyl groups is 4. The molecule has 2 heterocycles. The number of ether oxygens (including phenoxy) is 6. The lowest BCUT2D eigenvalue weighted by Gasteiger charge is -2.33. The zero-order valence-electron chi connectivity index (χ0n) is 37.5. The summed E-state index contributed by atoms with van der Waals surface area (Å²) in [4.78, 5) is 4.45. The third-order valence-electron chi connectivity index (χ3n) is 11.1. The van der Waals surface area contributed by atoms with Gasteiger partial charge in [-0.05, 0) is 125 Å². The number of nitrogens with one attached hydrogen (secondary N) is 2. The number of hydrogen-bond donors (Lipinski definition) is 6. The molecule has 6 rings (SSSR count). The Kier molecular flexibility index (Phi) is 23.3. The minimum atomic E-state index is -0.596. The van der Waals surface area contributed by atoms with E-state index in [0.29, 0.717) is 81.4 Å². The molecule has 0 aromatic heterocycles. The second-order valence-corrected chi connectivity index (χ2v) is 18.0. The minimum Gasteiger partial charge on any atom is -0.497 e. The maximum atomic E-state index is 10.3. The predicted molar refractivity (Wildman–Crippen MR) is 260 cm³/mol. The normalized spacial score (nSPS) is 16.9. The lowest BCUT2D eigenvalue weighted by Crippen LogP contribution is -2.47. The maximum Gasteiger partial charge on any atom is 0.121 e. The number of piperidine rings is 2. The fourth-order valence-corrected chi connectivity index (χ4v) is 7.89. The van der Waals surface area contributed by atoms with Crippen LogP contribution < -0.4 is 39.1 Å². The highest BCUT2D eigenvalue weighted by Gasteiger charge is 2.23. The molecule has 2 saturated heterocycles. The molecule has 0 aliphatic carbocycles. The van der Waals surface area contributed by atoms with Crippen molar-refractivity contribution < 1.29 is 48.8 Å². The van der Waals surface area contributed by atoms with Crippen molar-refractivity contribution >= 4 is 46.4 Å². The molecule has 14 nitrogen and oxygen atoms in total. The zero-order chi connectivity index (χ0) is 47.3. The molecule has 364 valence electrons. The molecule has 2 aliphatic heterocycles. The standard InChI is InChI=1S/2C24H32Cl2N2O5/c2*1-31-20-2-4-21(5-3-20)32-15-18(29)13-27-17-8-10-28(11-9-17)14-19(30)16-33-22-6-7-23(25)24(26)12-22/h2*2-7,12,17-19,27,29-30H,8-11,13-16H2,1H3/t2*18-,19-/m10/s1. The molecule has 0 amide bonds. The van der Waals surface area contributed by atoms with Crippen LogP contribution in [0.1, 0.15) is 25.7 Å². The van der Waals surface area contributed by atoms with Crippen LogP contribution in [0.15, 0.2) is 84.9 Å². The largest absolute Gasteiger partial charge is 0.497 e. The second kappa shape index (κ2) is 28.8. The number of rotatable bonds is 24. The first-order valence-corrected chi connectivity index (χ1v) is 23.7. The second-order valence-electron chi connectivity index (χ2n) is 16.3. The van der Waals surface area contributed by atoms with Gasteiger partial charge in [-0.2, -0.15) is 0 Å². The van der Waals surface area contributed by atoms with E-state index in [9.17, 15) is 20.4 Å². The summed E-state index contributed by atoms with van der Waals surface area (Å²) in [5, 5.41) is 49.7. The predicted octanol–water partition coefficient (Wildman–Crippen LogP) is 6.47. The summed E-state index contributed by atoms with van der Waals surface area (Å²) in [6, 6.07) is 25.3. The summed E-state index contributed by atoms with van der Waals surface area (Å²) in [7, 11) is 3.23. The number of nitrogens with zero attached hydrogens (tertiary/aromatic N) is 2. The number of likely N-dealkylation sites (tertiary alicyclic amines) is 2. The van der Waals surface area contributed by atoms with Crippen LogP contribution in [-0.4, -0.2) is 160 Å². The van der Waals surface area contributed by atoms with Gasteiger partial charge in [-0.25, -0.2) is 0 Å². The maximum absolute atomic E-state index is 10.3. The van der Waals surface area contributed by atoms with E-state index in [4.69, 9.17) is 74.8 Å². The molecule has 4 aromatic carbocycles. The Morgan fingerprint density at radius 1 is 0.455 bits per heavy atom. The first kappa shape index (κ1) is 53.5. The highest BCUT2D eigenvalue weighted by molar-refractivity contribution is 6.42. The Hall–Kier alpha value is -3.48. The molecule has 4 aromatic rings. The lowest BCUT2D eigenvalue weighted by atomic mass is 10.0. The summed E-state index contributed by atoms with van der Waals surface area (Å²) < 4.78 is 32.7. The third kappa shape index (κ3) is 19.6. The average Bonchev–Trinajstić information content (AvgIpc) is 3.33. The first-order valence-electron chi connectivity index (χ1n) is 22.2. The average molecular weight is 999 g/mol. The van der Waals surface area contributed by atoms with Gasteiger partial charge in [-0.15, -0.1) is 0 Å². The number of aliphatic hydroxyl groups excluding tert-OH is 4. The van der Waals surface area contributed by atoms with E-state index in [1.807, 2.05) is 48.5 Å². The third-order valence-corrected chi connectivity index (χ3v) is 12.5. The molecule has 2 aliphatic rings. The van der Waals surface area contributed by atoms with E-state index < -0.39 is 24.4 Å². The van der Waals surface area contributed by atoms with Crippen LogP contribution in [0.25, 0.3) is 0 Å². The molecule has 0 spiro atoms. The fourth-order valence-electron chi connectivity index (χ4n) is 7.31. The van der Waals surface area contributed by atoms with Crippen molar-refractivity contribution in [2.75, 3.05) is 93.0 Å². The molecule has 66 heavy (non-hydrogen) atoms. The van der Waals surface area contributed by atoms with Crippen LogP contribution >= 0.6 is 46.4 Å². The van der Waals surface area contributed by atoms with Gasteiger partial charge < -0.3 is 69.3 Å². The quantitative estimate of drug-likeness (QED) is 0.0452. The van der Waals surface area contributed by atoms with Crippen molar-refractivity contribution in [3.63, 3.8) is 0 Å². The van der Waals surface area contributed by atoms with Crippen molar-refractivity contribution in [3.8, 4) is 34.5 Å². The molecule has 2 fully saturated rings. The van der Waals surface area contributed by atoms with Crippen LogP contribution in [0.3, 0.4) is 0 Å². The minimum absolute atomic E-state index is 0.191. The van der Waals surface area contributed by atoms with Crippen molar-refractivity contribution in [2.24, 2.45) is 0 Å². The van der Waals surface area contributed by atoms with Gasteiger partial charge in [0.25, 0.3) is 0 Å². The molecule has 0 saturated carbocycles. The van der Waals surface area contributed by atoms with Gasteiger partial charge in [-0.1, -0.05) is 46.4 Å². The topological polar surface area (TPSA) is 167 Å². The van der Waals surface area contributed by atoms with E-state index >= 15 is 0 Å². The van der Waals surface area contributed by atoms with Gasteiger partial charge in [0.1, 0.15) is 85.3 Å². The summed E-state index contributed by atoms with van der Waals surface area (Å²) in [6.45, 7) is 6.37. The van der Waals surface area contributed by atoms with Crippen LogP contribution in [0, 0.1) is 0 Å². The number of methoxy groups -OCH3 is 2. The van der Waals surface area contributed by atoms with Crippen LogP contribution in [0.2, 0.25) is 20.1 Å². The van der Waals surface area contributed by atoms with E-state index in [0.717, 1.165) is 63.4 Å². The summed E-state index contributed by atoms with van der Waals surface area (Å²) in [5.41, 5.74) is 0. The van der Waals surface area contributed by atoms with Crippen molar-refractivity contribution in [2.45, 2.75) is 62.2 Å². The van der Waals surface area contributed by atoms with Gasteiger partial charge in [-0.3, -0.25) is 0 Å². The van der Waals surface area contributed by atoms with E-state index in [1.54, 1.807) is 50.6 Å². The Balaban J connectivity index is 0.000000247. The highest BCUT2D eigenvalue weighted by atomic mass is 35.5. The molecule has 18 heteroatoms. The Morgan fingerprint density at radius 2 is 0.758 bits per heavy atom. The molecule has 0 radical (unpaired) electrons. The number of halogens is 4. The summed E-state index contributed by atoms with van der Waals surface area (Å²) >= 11 is 23.8. The molecule has 6 N–H and O–H groups in total. The molecule has 4 atom stereocenters. The van der Waals surface area contributed by atoms with Gasteiger partial charge in [0, 0.05) is 50.4 Å². The van der Waals surface area contributed by atoms with E-state index in [-0.39, 0.29) is 26.4 Å². The van der Waals surface area contributed by atoms with Gasteiger partial charge in [0.2, 0.25) is 0 Å². The van der Waals surface area contributed by atoms with Gasteiger partial charge >= 0.3 is 0 Å². The Morgan fingerprint density at radius 3 is 1.09 bits per heavy atom. The molecule has 0 bridgehead atoms. The smallest absolute Gasteiger partial charge is 0.121 e. The Labute approximate surface area is 408 Å². The van der Waals surface area contributed by atoms with Crippen LogP contribution in [0.5, 0.6) is 34.5 Å². The Bertz CT molecular complexity index is 1840. The fraction of sp³-hybridized carbons (Fsp3) is 0.500. The molecular formula is C48H64Cl4N4O10. The SMILES string of the molecule is COc1ccc(OC[C@@H](O)CNC2CCN(C[C@H](O)COc3ccc(Cl)c(Cl)c3)CC2)cc1.COc1ccc(OC[C@H](O)CNC2CCN(C[C@@H](O)COc3ccc(Cl)c(Cl)c3)CC2)cc1. The summed E-state index contributed by atoms with van der Waals surface area (Å²) in [5.74, 6) is 4.10. The number of benzene rings is 4. The molecule has 0 unspecified atom stereocenters. The van der Waals surface area contributed by atoms with Gasteiger partial charge in [0.05, 0.1) is 34.3 Å². The van der Waals surface area contributed by atoms with E-state index in [2.05, 4.69) is 20.4 Å². The number of hydrogen-bond acceptors (Lipinski definition) is 14. The van der Waals surface area contributed by atoms with Gasteiger partial charge in [0.15, 0.2) is 0 Å². The van der Waals surface area contributed by atoms with Crippen LogP contribution in [0.4, 0.5) is 0 Å². The highest BCUT2D eigenvalue weighted by Crippen LogP contribution is 2.28. The number of β-amino-alcohol motifs (C(OH)–C–C–N with tert-alkyl or cyclic N) is 2.